The van der Waals surface area contributed by atoms with E-state index in [1.165, 1.54) is 12.8 Å². The molecule has 1 unspecified atom stereocenters. The van der Waals surface area contributed by atoms with E-state index in [0.717, 1.165) is 31.8 Å². The van der Waals surface area contributed by atoms with E-state index in [-0.39, 0.29) is 11.9 Å². The Morgan fingerprint density at radius 2 is 2.17 bits per heavy atom. The lowest BCUT2D eigenvalue weighted by Gasteiger charge is -2.21. The van der Waals surface area contributed by atoms with Gasteiger partial charge in [0.1, 0.15) is 0 Å². The first kappa shape index (κ1) is 8.05. The van der Waals surface area contributed by atoms with Gasteiger partial charge in [-0.15, -0.1) is 0 Å². The van der Waals surface area contributed by atoms with Crippen molar-refractivity contribution in [3.05, 3.63) is 0 Å². The molecule has 3 nitrogen and oxygen atoms in total. The van der Waals surface area contributed by atoms with Gasteiger partial charge in [0.2, 0.25) is 5.91 Å². The smallest absolute Gasteiger partial charge is 0.234 e. The highest BCUT2D eigenvalue weighted by molar-refractivity contribution is 5.80. The van der Waals surface area contributed by atoms with Crippen LogP contribution < -0.4 is 5.73 Å². The van der Waals surface area contributed by atoms with Crippen LogP contribution in [0.5, 0.6) is 0 Å². The minimum Gasteiger partial charge on any atom is -0.368 e. The maximum absolute atomic E-state index is 11.0. The maximum atomic E-state index is 11.0. The fourth-order valence-corrected chi connectivity index (χ4v) is 2.00. The van der Waals surface area contributed by atoms with Gasteiger partial charge in [-0.1, -0.05) is 0 Å². The first-order valence-electron chi connectivity index (χ1n) is 4.81. The van der Waals surface area contributed by atoms with Gasteiger partial charge < -0.3 is 5.73 Å². The third-order valence-electron chi connectivity index (χ3n) is 2.88. The molecule has 0 aromatic rings. The van der Waals surface area contributed by atoms with E-state index < -0.39 is 0 Å². The van der Waals surface area contributed by atoms with Crippen LogP contribution in [0.1, 0.15) is 25.7 Å². The lowest BCUT2D eigenvalue weighted by molar-refractivity contribution is -0.122. The Morgan fingerprint density at radius 3 is 2.75 bits per heavy atom. The van der Waals surface area contributed by atoms with Crippen LogP contribution in [-0.4, -0.2) is 29.9 Å². The van der Waals surface area contributed by atoms with Gasteiger partial charge in [-0.25, -0.2) is 0 Å². The molecule has 2 N–H and O–H groups in total. The highest BCUT2D eigenvalue weighted by Crippen LogP contribution is 2.32. The standard InChI is InChI=1S/C9H16N2O/c10-9(12)8-2-1-5-11(8)6-7-3-4-7/h7-8H,1-6H2,(H2,10,12). The van der Waals surface area contributed by atoms with E-state index in [1.807, 2.05) is 0 Å². The Bertz CT molecular complexity index is 189. The largest absolute Gasteiger partial charge is 0.368 e. The molecule has 3 heteroatoms. The van der Waals surface area contributed by atoms with Crippen molar-refractivity contribution in [1.29, 1.82) is 0 Å². The fraction of sp³-hybridized carbons (Fsp3) is 0.889. The lowest BCUT2D eigenvalue weighted by Crippen LogP contribution is -2.41. The monoisotopic (exact) mass is 168 g/mol. The molecule has 2 fully saturated rings. The van der Waals surface area contributed by atoms with Crippen molar-refractivity contribution in [2.45, 2.75) is 31.7 Å². The minimum atomic E-state index is -0.131. The highest BCUT2D eigenvalue weighted by Gasteiger charge is 2.33. The third-order valence-corrected chi connectivity index (χ3v) is 2.88. The molecule has 0 radical (unpaired) electrons. The van der Waals surface area contributed by atoms with Crippen molar-refractivity contribution < 1.29 is 4.79 Å². The summed E-state index contributed by atoms with van der Waals surface area (Å²) in [4.78, 5) is 13.3. The van der Waals surface area contributed by atoms with Crippen molar-refractivity contribution >= 4 is 5.91 Å². The first-order valence-corrected chi connectivity index (χ1v) is 4.81. The van der Waals surface area contributed by atoms with E-state index in [4.69, 9.17) is 5.73 Å². The maximum Gasteiger partial charge on any atom is 0.234 e. The molecule has 0 bridgehead atoms. The zero-order valence-corrected chi connectivity index (χ0v) is 7.33. The highest BCUT2D eigenvalue weighted by atomic mass is 16.1. The topological polar surface area (TPSA) is 46.3 Å². The molecular weight excluding hydrogens is 152 g/mol. The molecule has 0 spiro atoms. The van der Waals surface area contributed by atoms with Gasteiger partial charge in [-0.2, -0.15) is 0 Å². The number of nitrogens with zero attached hydrogens (tertiary/aromatic N) is 1. The van der Waals surface area contributed by atoms with Gasteiger partial charge in [-0.3, -0.25) is 9.69 Å². The third kappa shape index (κ3) is 1.61. The fourth-order valence-electron chi connectivity index (χ4n) is 2.00. The molecule has 1 saturated carbocycles. The molecule has 0 aromatic carbocycles. The molecule has 1 heterocycles. The van der Waals surface area contributed by atoms with Crippen LogP contribution in [0.25, 0.3) is 0 Å². The number of primary amides is 1. The summed E-state index contributed by atoms with van der Waals surface area (Å²) in [5.74, 6) is 0.734. The van der Waals surface area contributed by atoms with Crippen LogP contribution in [0, 0.1) is 5.92 Å². The predicted molar refractivity (Wildman–Crippen MR) is 46.5 cm³/mol. The second-order valence-corrected chi connectivity index (χ2v) is 4.00. The quantitative estimate of drug-likeness (QED) is 0.660. The zero-order chi connectivity index (χ0) is 8.55. The predicted octanol–water partition coefficient (Wildman–Crippen LogP) is 0.346. The summed E-state index contributed by atoms with van der Waals surface area (Å²) in [6, 6.07) is 0.0469. The Labute approximate surface area is 72.9 Å². The summed E-state index contributed by atoms with van der Waals surface area (Å²) >= 11 is 0. The van der Waals surface area contributed by atoms with Gasteiger partial charge in [0.15, 0.2) is 0 Å². The van der Waals surface area contributed by atoms with Crippen molar-refractivity contribution in [3.63, 3.8) is 0 Å². The molecule has 68 valence electrons. The summed E-state index contributed by atoms with van der Waals surface area (Å²) in [6.07, 6.45) is 4.81. The number of likely N-dealkylation sites (tertiary alicyclic amines) is 1. The Morgan fingerprint density at radius 1 is 1.42 bits per heavy atom. The van der Waals surface area contributed by atoms with Crippen LogP contribution in [0.4, 0.5) is 0 Å². The molecule has 1 atom stereocenters. The van der Waals surface area contributed by atoms with Crippen LogP contribution >= 0.6 is 0 Å². The zero-order valence-electron chi connectivity index (χ0n) is 7.33. The molecule has 0 aromatic heterocycles. The van der Waals surface area contributed by atoms with Gasteiger partial charge in [0, 0.05) is 6.54 Å². The van der Waals surface area contributed by atoms with Gasteiger partial charge in [-0.05, 0) is 38.1 Å². The molecule has 1 amide bonds. The van der Waals surface area contributed by atoms with Crippen LogP contribution in [0.15, 0.2) is 0 Å². The summed E-state index contributed by atoms with van der Waals surface area (Å²) < 4.78 is 0. The van der Waals surface area contributed by atoms with Gasteiger partial charge in [0.05, 0.1) is 6.04 Å². The number of carbonyl (C=O) groups is 1. The molecule has 1 aliphatic carbocycles. The van der Waals surface area contributed by atoms with Crippen LogP contribution in [0.3, 0.4) is 0 Å². The second kappa shape index (κ2) is 3.05. The average molecular weight is 168 g/mol. The minimum absolute atomic E-state index is 0.0469. The van der Waals surface area contributed by atoms with Crippen molar-refractivity contribution in [3.8, 4) is 0 Å². The number of hydrogen-bond donors (Lipinski definition) is 1. The van der Waals surface area contributed by atoms with E-state index in [9.17, 15) is 4.79 Å². The summed E-state index contributed by atoms with van der Waals surface area (Å²) in [6.45, 7) is 2.18. The van der Waals surface area contributed by atoms with E-state index in [1.54, 1.807) is 0 Å². The number of carbonyl (C=O) groups excluding carboxylic acids is 1. The SMILES string of the molecule is NC(=O)C1CCCN1CC1CC1. The van der Waals surface area contributed by atoms with Crippen LogP contribution in [0.2, 0.25) is 0 Å². The first-order chi connectivity index (χ1) is 5.77. The van der Waals surface area contributed by atoms with E-state index >= 15 is 0 Å². The Kier molecular flexibility index (Phi) is 2.05. The van der Waals surface area contributed by atoms with E-state index in [0.29, 0.717) is 0 Å². The number of rotatable bonds is 3. The van der Waals surface area contributed by atoms with Crippen molar-refractivity contribution in [1.82, 2.24) is 4.90 Å². The normalized spacial score (nSPS) is 30.8. The van der Waals surface area contributed by atoms with Gasteiger partial charge >= 0.3 is 0 Å². The van der Waals surface area contributed by atoms with E-state index in [2.05, 4.69) is 4.90 Å². The number of nitrogens with two attached hydrogens (primary N) is 1. The molecule has 2 aliphatic rings. The van der Waals surface area contributed by atoms with Crippen molar-refractivity contribution in [2.24, 2.45) is 11.7 Å². The van der Waals surface area contributed by atoms with Crippen LogP contribution in [-0.2, 0) is 4.79 Å². The van der Waals surface area contributed by atoms with Gasteiger partial charge in [0.25, 0.3) is 0 Å². The van der Waals surface area contributed by atoms with Crippen molar-refractivity contribution in [2.75, 3.05) is 13.1 Å². The summed E-state index contributed by atoms with van der Waals surface area (Å²) in [7, 11) is 0. The lowest BCUT2D eigenvalue weighted by atomic mass is 10.2. The Balaban J connectivity index is 1.88. The Hall–Kier alpha value is -0.570. The number of hydrogen-bond acceptors (Lipinski definition) is 2. The molecule has 2 rings (SSSR count). The molecular formula is C9H16N2O. The second-order valence-electron chi connectivity index (χ2n) is 4.00. The average Bonchev–Trinajstić information content (AvgIpc) is 2.66. The molecule has 1 saturated heterocycles. The summed E-state index contributed by atoms with van der Waals surface area (Å²) in [5, 5.41) is 0. The molecule has 12 heavy (non-hydrogen) atoms. The number of amides is 1. The summed E-state index contributed by atoms with van der Waals surface area (Å²) in [5.41, 5.74) is 5.30. The molecule has 1 aliphatic heterocycles.